The third kappa shape index (κ3) is 5.17. The molecule has 0 heterocycles. The van der Waals surface area contributed by atoms with E-state index in [1.165, 1.54) is 25.1 Å². The van der Waals surface area contributed by atoms with E-state index in [-0.39, 0.29) is 11.6 Å². The minimum absolute atomic E-state index is 0.0214. The van der Waals surface area contributed by atoms with Gasteiger partial charge in [-0.1, -0.05) is 36.4 Å². The Balaban J connectivity index is 1.70. The predicted octanol–water partition coefficient (Wildman–Crippen LogP) is 4.62. The Bertz CT molecular complexity index is 990. The number of nitrogens with one attached hydrogen (secondary N) is 2. The van der Waals surface area contributed by atoms with Gasteiger partial charge in [-0.25, -0.2) is 4.39 Å². The molecule has 3 aromatic carbocycles. The number of hydrogen-bond donors (Lipinski definition) is 2. The van der Waals surface area contributed by atoms with Crippen LogP contribution in [0.2, 0.25) is 0 Å². The van der Waals surface area contributed by atoms with Gasteiger partial charge < -0.3 is 15.4 Å². The number of hydrogen-bond acceptors (Lipinski definition) is 3. The van der Waals surface area contributed by atoms with E-state index in [0.29, 0.717) is 23.6 Å². The number of ether oxygens (including phenoxy) is 1. The topological polar surface area (TPSA) is 67.4 Å². The maximum atomic E-state index is 14.0. The van der Waals surface area contributed by atoms with Crippen molar-refractivity contribution in [2.24, 2.45) is 0 Å². The van der Waals surface area contributed by atoms with Crippen molar-refractivity contribution < 1.29 is 18.7 Å². The van der Waals surface area contributed by atoms with Gasteiger partial charge in [0, 0.05) is 18.2 Å². The number of amides is 2. The lowest BCUT2D eigenvalue weighted by Gasteiger charge is -2.11. The molecule has 2 amide bonds. The smallest absolute Gasteiger partial charge is 0.255 e. The monoisotopic (exact) mass is 378 g/mol. The van der Waals surface area contributed by atoms with Crippen molar-refractivity contribution in [2.75, 3.05) is 10.6 Å². The van der Waals surface area contributed by atoms with Crippen LogP contribution in [0.15, 0.2) is 72.8 Å². The molecule has 0 saturated carbocycles. The van der Waals surface area contributed by atoms with Crippen LogP contribution in [0.5, 0.6) is 5.75 Å². The fraction of sp³-hybridized carbons (Fsp3) is 0.0909. The number of halogens is 1. The van der Waals surface area contributed by atoms with E-state index < -0.39 is 11.7 Å². The van der Waals surface area contributed by atoms with Gasteiger partial charge in [0.25, 0.3) is 5.91 Å². The van der Waals surface area contributed by atoms with Gasteiger partial charge in [-0.2, -0.15) is 0 Å². The molecule has 0 aliphatic rings. The van der Waals surface area contributed by atoms with Crippen LogP contribution < -0.4 is 15.4 Å². The van der Waals surface area contributed by atoms with Crippen molar-refractivity contribution >= 4 is 23.2 Å². The Kier molecular flexibility index (Phi) is 6.01. The summed E-state index contributed by atoms with van der Waals surface area (Å²) in [5, 5.41) is 5.07. The highest BCUT2D eigenvalue weighted by Crippen LogP contribution is 2.22. The molecule has 0 bridgehead atoms. The second-order valence-corrected chi connectivity index (χ2v) is 6.13. The Hall–Kier alpha value is -3.67. The van der Waals surface area contributed by atoms with Gasteiger partial charge in [0.2, 0.25) is 5.91 Å². The Morgan fingerprint density at radius 2 is 1.71 bits per heavy atom. The van der Waals surface area contributed by atoms with Gasteiger partial charge in [-0.05, 0) is 42.0 Å². The first kappa shape index (κ1) is 19.1. The number of rotatable bonds is 6. The number of benzene rings is 3. The average molecular weight is 378 g/mol. The quantitative estimate of drug-likeness (QED) is 0.658. The summed E-state index contributed by atoms with van der Waals surface area (Å²) < 4.78 is 19.7. The van der Waals surface area contributed by atoms with Crippen LogP contribution in [0.1, 0.15) is 22.8 Å². The van der Waals surface area contributed by atoms with Crippen LogP contribution in [-0.2, 0) is 11.4 Å². The molecule has 0 fully saturated rings. The lowest BCUT2D eigenvalue weighted by Crippen LogP contribution is -2.14. The van der Waals surface area contributed by atoms with Gasteiger partial charge in [0.1, 0.15) is 18.2 Å². The zero-order valence-corrected chi connectivity index (χ0v) is 15.2. The van der Waals surface area contributed by atoms with Crippen molar-refractivity contribution in [3.8, 4) is 5.75 Å². The highest BCUT2D eigenvalue weighted by atomic mass is 19.1. The molecule has 0 saturated heterocycles. The highest BCUT2D eigenvalue weighted by molar-refractivity contribution is 6.05. The summed E-state index contributed by atoms with van der Waals surface area (Å²) in [6.45, 7) is 1.72. The molecule has 6 heteroatoms. The van der Waals surface area contributed by atoms with Gasteiger partial charge in [-0.3, -0.25) is 9.59 Å². The SMILES string of the molecule is CC(=O)Nc1ccc(F)c(NC(=O)c2cccc(OCc3ccccc3)c2)c1. The normalized spacial score (nSPS) is 10.2. The van der Waals surface area contributed by atoms with Gasteiger partial charge >= 0.3 is 0 Å². The molecular weight excluding hydrogens is 359 g/mol. The third-order valence-electron chi connectivity index (χ3n) is 3.88. The van der Waals surface area contributed by atoms with Crippen LogP contribution in [0.25, 0.3) is 0 Å². The van der Waals surface area contributed by atoms with E-state index >= 15 is 0 Å². The second kappa shape index (κ2) is 8.81. The van der Waals surface area contributed by atoms with Gasteiger partial charge in [0.15, 0.2) is 0 Å². The van der Waals surface area contributed by atoms with Crippen molar-refractivity contribution in [2.45, 2.75) is 13.5 Å². The molecule has 28 heavy (non-hydrogen) atoms. The summed E-state index contributed by atoms with van der Waals surface area (Å²) in [5.41, 5.74) is 1.71. The molecule has 0 radical (unpaired) electrons. The zero-order chi connectivity index (χ0) is 19.9. The maximum Gasteiger partial charge on any atom is 0.255 e. The average Bonchev–Trinajstić information content (AvgIpc) is 2.69. The standard InChI is InChI=1S/C22H19FN2O3/c1-15(26)24-18-10-11-20(23)21(13-18)25-22(27)17-8-5-9-19(12-17)28-14-16-6-3-2-4-7-16/h2-13H,14H2,1H3,(H,24,26)(H,25,27). The van der Waals surface area contributed by atoms with E-state index in [2.05, 4.69) is 10.6 Å². The third-order valence-corrected chi connectivity index (χ3v) is 3.88. The summed E-state index contributed by atoms with van der Waals surface area (Å²) >= 11 is 0. The maximum absolute atomic E-state index is 14.0. The lowest BCUT2D eigenvalue weighted by molar-refractivity contribution is -0.114. The molecule has 0 aliphatic heterocycles. The molecule has 0 unspecified atom stereocenters. The Labute approximate surface area is 162 Å². The van der Waals surface area contributed by atoms with E-state index in [9.17, 15) is 14.0 Å². The van der Waals surface area contributed by atoms with E-state index in [4.69, 9.17) is 4.74 Å². The highest BCUT2D eigenvalue weighted by Gasteiger charge is 2.11. The number of carbonyl (C=O) groups excluding carboxylic acids is 2. The van der Waals surface area contributed by atoms with Crippen LogP contribution in [0.3, 0.4) is 0 Å². The molecule has 0 atom stereocenters. The molecule has 0 aliphatic carbocycles. The summed E-state index contributed by atoms with van der Waals surface area (Å²) in [6.07, 6.45) is 0. The summed E-state index contributed by atoms with van der Waals surface area (Å²) in [5.74, 6) is -0.834. The lowest BCUT2D eigenvalue weighted by atomic mass is 10.2. The van der Waals surface area contributed by atoms with Crippen molar-refractivity contribution in [3.05, 3.63) is 89.7 Å². The molecular formula is C22H19FN2O3. The summed E-state index contributed by atoms with van der Waals surface area (Å²) in [4.78, 5) is 23.7. The van der Waals surface area contributed by atoms with Crippen LogP contribution in [0, 0.1) is 5.82 Å². The molecule has 142 valence electrons. The Morgan fingerprint density at radius 3 is 2.46 bits per heavy atom. The fourth-order valence-corrected chi connectivity index (χ4v) is 2.56. The van der Waals surface area contributed by atoms with E-state index in [1.807, 2.05) is 30.3 Å². The predicted molar refractivity (Wildman–Crippen MR) is 106 cm³/mol. The first-order valence-electron chi connectivity index (χ1n) is 8.66. The van der Waals surface area contributed by atoms with Crippen molar-refractivity contribution in [1.82, 2.24) is 0 Å². The summed E-state index contributed by atoms with van der Waals surface area (Å²) in [7, 11) is 0. The first-order valence-corrected chi connectivity index (χ1v) is 8.66. The molecule has 3 rings (SSSR count). The van der Waals surface area contributed by atoms with Gasteiger partial charge in [0.05, 0.1) is 5.69 Å². The van der Waals surface area contributed by atoms with Crippen LogP contribution in [-0.4, -0.2) is 11.8 Å². The Morgan fingerprint density at radius 1 is 0.929 bits per heavy atom. The minimum Gasteiger partial charge on any atom is -0.489 e. The second-order valence-electron chi connectivity index (χ2n) is 6.13. The van der Waals surface area contributed by atoms with Crippen LogP contribution >= 0.6 is 0 Å². The molecule has 2 N–H and O–H groups in total. The minimum atomic E-state index is -0.598. The molecule has 0 aromatic heterocycles. The van der Waals surface area contributed by atoms with Gasteiger partial charge in [-0.15, -0.1) is 0 Å². The molecule has 5 nitrogen and oxygen atoms in total. The van der Waals surface area contributed by atoms with Crippen LogP contribution in [0.4, 0.5) is 15.8 Å². The van der Waals surface area contributed by atoms with Crippen molar-refractivity contribution in [3.63, 3.8) is 0 Å². The van der Waals surface area contributed by atoms with Crippen molar-refractivity contribution in [1.29, 1.82) is 0 Å². The number of carbonyl (C=O) groups is 2. The summed E-state index contributed by atoms with van der Waals surface area (Å²) in [6, 6.07) is 20.3. The number of anilines is 2. The molecule has 3 aromatic rings. The fourth-order valence-electron chi connectivity index (χ4n) is 2.56. The zero-order valence-electron chi connectivity index (χ0n) is 15.2. The molecule has 0 spiro atoms. The largest absolute Gasteiger partial charge is 0.489 e. The first-order chi connectivity index (χ1) is 13.5. The van der Waals surface area contributed by atoms with E-state index in [0.717, 1.165) is 5.56 Å². The van der Waals surface area contributed by atoms with E-state index in [1.54, 1.807) is 24.3 Å².